The number of aliphatic hydroxyl groups is 3. The molecule has 0 amide bonds. The van der Waals surface area contributed by atoms with Crippen molar-refractivity contribution in [1.82, 2.24) is 0 Å². The highest BCUT2D eigenvalue weighted by atomic mass is 16.3. The van der Waals surface area contributed by atoms with Crippen molar-refractivity contribution in [2.24, 2.45) is 22.7 Å². The molecule has 2 rings (SSSR count). The largest absolute Gasteiger partial charge is 0.393 e. The Morgan fingerprint density at radius 3 is 2.52 bits per heavy atom. The van der Waals surface area contributed by atoms with Gasteiger partial charge in [0.2, 0.25) is 0 Å². The summed E-state index contributed by atoms with van der Waals surface area (Å²) in [5.41, 5.74) is 1.60. The van der Waals surface area contributed by atoms with Crippen LogP contribution >= 0.6 is 0 Å². The van der Waals surface area contributed by atoms with Crippen molar-refractivity contribution in [3.05, 3.63) is 36.0 Å². The standard InChI is InChI=1S/C26H44O3/c1-18(10-9-14-24(3,4)29)26(7)15-13-21(25(26,5)6)12-8-11-20-16-22(27)17-23(28)19(20)2/h8,11-12,18,21-23,27-29H,2,9-10,13-17H2,1,3-7H3/b12-8+,20-11-/t18-,21+,22+,23-,26+/m0/s1. The lowest BCUT2D eigenvalue weighted by molar-refractivity contribution is 0.0307. The predicted octanol–water partition coefficient (Wildman–Crippen LogP) is 5.56. The number of aliphatic hydroxyl groups excluding tert-OH is 2. The van der Waals surface area contributed by atoms with Crippen LogP contribution < -0.4 is 0 Å². The van der Waals surface area contributed by atoms with E-state index in [-0.39, 0.29) is 10.8 Å². The van der Waals surface area contributed by atoms with E-state index >= 15 is 0 Å². The maximum absolute atomic E-state index is 10.0. The Balaban J connectivity index is 2.04. The van der Waals surface area contributed by atoms with E-state index in [1.54, 1.807) is 0 Å². The van der Waals surface area contributed by atoms with Crippen LogP contribution in [-0.2, 0) is 0 Å². The molecule has 0 saturated heterocycles. The van der Waals surface area contributed by atoms with Gasteiger partial charge in [0.15, 0.2) is 0 Å². The SMILES string of the molecule is C=C1/C(=C\C=C\[C@@H]2CC[C@](C)([C@@H](C)CCCC(C)(C)O)C2(C)C)C[C@@H](O)C[C@@H]1O. The van der Waals surface area contributed by atoms with Gasteiger partial charge in [0.1, 0.15) is 0 Å². The van der Waals surface area contributed by atoms with Crippen LogP contribution in [0.1, 0.15) is 86.5 Å². The Labute approximate surface area is 178 Å². The third-order valence-corrected chi connectivity index (χ3v) is 8.29. The van der Waals surface area contributed by atoms with Gasteiger partial charge >= 0.3 is 0 Å². The molecule has 0 heterocycles. The average molecular weight is 405 g/mol. The highest BCUT2D eigenvalue weighted by Crippen LogP contribution is 2.60. The van der Waals surface area contributed by atoms with Crippen LogP contribution in [0.5, 0.6) is 0 Å². The average Bonchev–Trinajstić information content (AvgIpc) is 2.82. The van der Waals surface area contributed by atoms with Gasteiger partial charge in [-0.15, -0.1) is 0 Å². The Bertz CT molecular complexity index is 637. The fourth-order valence-corrected chi connectivity index (χ4v) is 5.50. The highest BCUT2D eigenvalue weighted by molar-refractivity contribution is 5.37. The van der Waals surface area contributed by atoms with Crippen molar-refractivity contribution >= 4 is 0 Å². The first kappa shape index (κ1) is 24.4. The van der Waals surface area contributed by atoms with Crippen LogP contribution in [0.3, 0.4) is 0 Å². The van der Waals surface area contributed by atoms with Crippen molar-refractivity contribution in [3.8, 4) is 0 Å². The molecule has 2 aliphatic rings. The van der Waals surface area contributed by atoms with Gasteiger partial charge in [0, 0.05) is 6.42 Å². The molecule has 0 aromatic rings. The Hall–Kier alpha value is -0.900. The molecule has 0 bridgehead atoms. The Morgan fingerprint density at radius 1 is 1.24 bits per heavy atom. The fourth-order valence-electron chi connectivity index (χ4n) is 5.50. The van der Waals surface area contributed by atoms with E-state index in [1.165, 1.54) is 12.8 Å². The van der Waals surface area contributed by atoms with Crippen molar-refractivity contribution in [2.75, 3.05) is 0 Å². The molecule has 29 heavy (non-hydrogen) atoms. The maximum Gasteiger partial charge on any atom is 0.0811 e. The van der Waals surface area contributed by atoms with E-state index in [0.29, 0.717) is 24.7 Å². The van der Waals surface area contributed by atoms with E-state index < -0.39 is 17.8 Å². The smallest absolute Gasteiger partial charge is 0.0811 e. The lowest BCUT2D eigenvalue weighted by Gasteiger charge is -2.46. The van der Waals surface area contributed by atoms with Crippen molar-refractivity contribution in [3.63, 3.8) is 0 Å². The summed E-state index contributed by atoms with van der Waals surface area (Å²) in [6, 6.07) is 0. The monoisotopic (exact) mass is 404 g/mol. The molecule has 0 unspecified atom stereocenters. The van der Waals surface area contributed by atoms with E-state index in [2.05, 4.69) is 46.4 Å². The molecule has 3 nitrogen and oxygen atoms in total. The summed E-state index contributed by atoms with van der Waals surface area (Å²) in [6.07, 6.45) is 11.8. The molecule has 166 valence electrons. The summed E-state index contributed by atoms with van der Waals surface area (Å²) in [4.78, 5) is 0. The summed E-state index contributed by atoms with van der Waals surface area (Å²) in [5, 5.41) is 30.0. The van der Waals surface area contributed by atoms with Gasteiger partial charge in [0.05, 0.1) is 17.8 Å². The number of hydrogen-bond donors (Lipinski definition) is 3. The van der Waals surface area contributed by atoms with Crippen LogP contribution in [0.4, 0.5) is 0 Å². The van der Waals surface area contributed by atoms with Crippen molar-refractivity contribution in [2.45, 2.75) is 104 Å². The number of allylic oxidation sites excluding steroid dienone is 3. The minimum atomic E-state index is -0.630. The molecule has 2 saturated carbocycles. The van der Waals surface area contributed by atoms with E-state index in [0.717, 1.165) is 30.4 Å². The normalized spacial score (nSPS) is 35.6. The summed E-state index contributed by atoms with van der Waals surface area (Å²) in [7, 11) is 0. The van der Waals surface area contributed by atoms with Gasteiger partial charge in [-0.2, -0.15) is 0 Å². The van der Waals surface area contributed by atoms with Crippen LogP contribution in [-0.4, -0.2) is 33.1 Å². The quantitative estimate of drug-likeness (QED) is 0.520. The molecule has 2 fully saturated rings. The molecule has 3 heteroatoms. The lowest BCUT2D eigenvalue weighted by atomic mass is 9.59. The van der Waals surface area contributed by atoms with Gasteiger partial charge in [-0.1, -0.05) is 65.3 Å². The summed E-state index contributed by atoms with van der Waals surface area (Å²) >= 11 is 0. The van der Waals surface area contributed by atoms with E-state index in [4.69, 9.17) is 0 Å². The molecule has 0 aromatic carbocycles. The van der Waals surface area contributed by atoms with Crippen LogP contribution in [0.25, 0.3) is 0 Å². The van der Waals surface area contributed by atoms with Crippen molar-refractivity contribution < 1.29 is 15.3 Å². The first-order valence-electron chi connectivity index (χ1n) is 11.4. The van der Waals surface area contributed by atoms with Crippen LogP contribution in [0, 0.1) is 22.7 Å². The van der Waals surface area contributed by atoms with Crippen LogP contribution in [0.15, 0.2) is 36.0 Å². The summed E-state index contributed by atoms with van der Waals surface area (Å²) < 4.78 is 0. The topological polar surface area (TPSA) is 60.7 Å². The molecule has 2 aliphatic carbocycles. The maximum atomic E-state index is 10.0. The van der Waals surface area contributed by atoms with E-state index in [1.807, 2.05) is 19.9 Å². The minimum absolute atomic E-state index is 0.193. The number of hydrogen-bond acceptors (Lipinski definition) is 3. The van der Waals surface area contributed by atoms with Gasteiger partial charge in [-0.05, 0) is 73.3 Å². The Kier molecular flexibility index (Phi) is 7.63. The Morgan fingerprint density at radius 2 is 1.90 bits per heavy atom. The highest BCUT2D eigenvalue weighted by Gasteiger charge is 2.52. The fraction of sp³-hybridized carbons (Fsp3) is 0.769. The molecule has 5 atom stereocenters. The van der Waals surface area contributed by atoms with Gasteiger partial charge < -0.3 is 15.3 Å². The van der Waals surface area contributed by atoms with Gasteiger partial charge in [-0.25, -0.2) is 0 Å². The summed E-state index contributed by atoms with van der Waals surface area (Å²) in [5.74, 6) is 1.12. The number of rotatable bonds is 7. The molecule has 0 spiro atoms. The molecule has 0 aliphatic heterocycles. The summed E-state index contributed by atoms with van der Waals surface area (Å²) in [6.45, 7) is 17.4. The first-order chi connectivity index (χ1) is 13.3. The van der Waals surface area contributed by atoms with E-state index in [9.17, 15) is 15.3 Å². The zero-order chi connectivity index (χ0) is 22.0. The van der Waals surface area contributed by atoms with Crippen LogP contribution in [0.2, 0.25) is 0 Å². The molecule has 3 N–H and O–H groups in total. The first-order valence-corrected chi connectivity index (χ1v) is 11.4. The second-order valence-electron chi connectivity index (χ2n) is 11.1. The third kappa shape index (κ3) is 5.62. The third-order valence-electron chi connectivity index (χ3n) is 8.29. The second-order valence-corrected chi connectivity index (χ2v) is 11.1. The minimum Gasteiger partial charge on any atom is -0.393 e. The molecular weight excluding hydrogens is 360 g/mol. The lowest BCUT2D eigenvalue weighted by Crippen LogP contribution is -2.39. The zero-order valence-electron chi connectivity index (χ0n) is 19.5. The molecule has 0 radical (unpaired) electrons. The molecular formula is C26H44O3. The van der Waals surface area contributed by atoms with Gasteiger partial charge in [0.25, 0.3) is 0 Å². The molecule has 0 aromatic heterocycles. The van der Waals surface area contributed by atoms with Gasteiger partial charge in [-0.3, -0.25) is 0 Å². The second kappa shape index (κ2) is 9.08. The van der Waals surface area contributed by atoms with Crippen molar-refractivity contribution in [1.29, 1.82) is 0 Å². The predicted molar refractivity (Wildman–Crippen MR) is 122 cm³/mol. The zero-order valence-corrected chi connectivity index (χ0v) is 19.5.